The van der Waals surface area contributed by atoms with E-state index in [0.717, 1.165) is 16.9 Å². The van der Waals surface area contributed by atoms with Crippen LogP contribution in [0, 0.1) is 0 Å². The van der Waals surface area contributed by atoms with E-state index in [9.17, 15) is 0 Å². The van der Waals surface area contributed by atoms with Crippen molar-refractivity contribution in [3.8, 4) is 16.9 Å². The van der Waals surface area contributed by atoms with Gasteiger partial charge in [-0.05, 0) is 79.8 Å². The minimum atomic E-state index is -2.95. The number of fused-ring (bicyclic) bond motifs is 3. The Balaban J connectivity index is 1.16. The van der Waals surface area contributed by atoms with Gasteiger partial charge in [-0.25, -0.2) is 4.98 Å². The van der Waals surface area contributed by atoms with Gasteiger partial charge in [-0.1, -0.05) is 172 Å². The summed E-state index contributed by atoms with van der Waals surface area (Å²) in [5, 5.41) is 7.79. The molecular weight excluding hydrogens is 733 g/mol. The lowest BCUT2D eigenvalue weighted by Crippen LogP contribution is -2.74. The maximum atomic E-state index is 5.03. The molecule has 2 aromatic heterocycles. The first-order chi connectivity index (χ1) is 28.9. The Morgan fingerprint density at radius 1 is 0.492 bits per heavy atom. The molecule has 0 atom stereocenters. The van der Waals surface area contributed by atoms with Crippen molar-refractivity contribution in [3.05, 3.63) is 218 Å². The molecule has 0 N–H and O–H groups in total. The highest BCUT2D eigenvalue weighted by Crippen LogP contribution is 2.35. The van der Waals surface area contributed by atoms with Gasteiger partial charge in [-0.15, -0.1) is 0 Å². The smallest absolute Gasteiger partial charge is 0.179 e. The monoisotopic (exact) mass is 778 g/mol. The average molecular weight is 779 g/mol. The van der Waals surface area contributed by atoms with Crippen LogP contribution in [-0.4, -0.2) is 24.3 Å². The topological polar surface area (TPSA) is 24.3 Å². The van der Waals surface area contributed by atoms with Crippen LogP contribution in [0.1, 0.15) is 26.3 Å². The summed E-state index contributed by atoms with van der Waals surface area (Å²) in [4.78, 5) is 9.75. The van der Waals surface area contributed by atoms with Crippen molar-refractivity contribution in [3.63, 3.8) is 0 Å². The lowest BCUT2D eigenvalue weighted by Gasteiger charge is -2.35. The van der Waals surface area contributed by atoms with Crippen LogP contribution >= 0.6 is 0 Å². The highest BCUT2D eigenvalue weighted by atomic mass is 28.3. The van der Waals surface area contributed by atoms with Crippen LogP contribution in [-0.2, 0) is 5.41 Å². The zero-order valence-corrected chi connectivity index (χ0v) is 34.7. The summed E-state index contributed by atoms with van der Waals surface area (Å²) in [6.07, 6.45) is 6.40. The van der Waals surface area contributed by atoms with E-state index in [2.05, 4.69) is 242 Å². The number of hydrogen-bond acceptors (Lipinski definition) is 3. The molecule has 3 heterocycles. The standard InChI is InChI=1S/C54H46N4Si/c1-54(2,3)41-32-33-55-53(36-41)58-51-29-16-14-27-48(51)49-31-30-46(38-52(49)58)59(43-21-9-5-10-22-43,44-23-11-6-12-24-44)45-25-17-20-42(37-45)56-34-35-57(39-56)50-28-15-13-26-47(50)40-18-7-4-8-19-40/h4-38H,39H2,1-3H3. The van der Waals surface area contributed by atoms with Gasteiger partial charge in [0.1, 0.15) is 5.82 Å². The SMILES string of the molecule is CC(C)(C)c1ccnc(-n2c3ccccc3c3ccc([Si](c4ccccc4)(c4ccccc4)c4cccc(N5C=CN(c6ccccc6-c6ccccc6)C5)c4)cc32)c1. The third kappa shape index (κ3) is 6.35. The van der Waals surface area contributed by atoms with Crippen LogP contribution in [0.4, 0.5) is 11.4 Å². The number of para-hydroxylation sites is 2. The molecule has 1 aliphatic heterocycles. The first-order valence-corrected chi connectivity index (χ1v) is 22.5. The van der Waals surface area contributed by atoms with Crippen molar-refractivity contribution >= 4 is 62.0 Å². The van der Waals surface area contributed by atoms with E-state index in [1.807, 2.05) is 6.20 Å². The highest BCUT2D eigenvalue weighted by Gasteiger charge is 2.42. The number of nitrogens with zero attached hydrogens (tertiary/aromatic N) is 4. The molecule has 0 saturated heterocycles. The number of aromatic nitrogens is 2. The summed E-state index contributed by atoms with van der Waals surface area (Å²) < 4.78 is 2.38. The Hall–Kier alpha value is -6.95. The second-order valence-electron chi connectivity index (χ2n) is 16.5. The molecule has 0 saturated carbocycles. The second kappa shape index (κ2) is 14.8. The Morgan fingerprint density at radius 2 is 1.10 bits per heavy atom. The first kappa shape index (κ1) is 36.4. The van der Waals surface area contributed by atoms with Crippen molar-refractivity contribution in [2.75, 3.05) is 16.5 Å². The molecule has 0 unspecified atom stereocenters. The summed E-state index contributed by atoms with van der Waals surface area (Å²) in [5.41, 5.74) is 8.37. The summed E-state index contributed by atoms with van der Waals surface area (Å²) >= 11 is 0. The zero-order chi connectivity index (χ0) is 40.0. The third-order valence-corrected chi connectivity index (χ3v) is 16.8. The van der Waals surface area contributed by atoms with Crippen molar-refractivity contribution in [1.29, 1.82) is 0 Å². The molecular formula is C54H46N4Si. The molecule has 286 valence electrons. The fraction of sp³-hybridized carbons (Fsp3) is 0.0926. The first-order valence-electron chi connectivity index (χ1n) is 20.5. The molecule has 0 bridgehead atoms. The van der Waals surface area contributed by atoms with Crippen molar-refractivity contribution in [1.82, 2.24) is 9.55 Å². The van der Waals surface area contributed by atoms with Gasteiger partial charge >= 0.3 is 0 Å². The minimum absolute atomic E-state index is 0.0118. The Labute approximate surface area is 348 Å². The van der Waals surface area contributed by atoms with Gasteiger partial charge in [0.15, 0.2) is 8.07 Å². The molecule has 5 heteroatoms. The van der Waals surface area contributed by atoms with E-state index < -0.39 is 8.07 Å². The van der Waals surface area contributed by atoms with E-state index in [1.165, 1.54) is 59.6 Å². The maximum absolute atomic E-state index is 5.03. The van der Waals surface area contributed by atoms with Gasteiger partial charge in [0, 0.05) is 40.6 Å². The number of hydrogen-bond donors (Lipinski definition) is 0. The van der Waals surface area contributed by atoms with E-state index in [0.29, 0.717) is 6.67 Å². The molecule has 0 amide bonds. The van der Waals surface area contributed by atoms with E-state index >= 15 is 0 Å². The van der Waals surface area contributed by atoms with Crippen LogP contribution in [0.3, 0.4) is 0 Å². The minimum Gasteiger partial charge on any atom is -0.328 e. The molecule has 0 spiro atoms. The van der Waals surface area contributed by atoms with Crippen LogP contribution in [0.25, 0.3) is 38.8 Å². The number of rotatable bonds is 8. The molecule has 7 aromatic carbocycles. The molecule has 10 rings (SSSR count). The molecule has 9 aromatic rings. The van der Waals surface area contributed by atoms with Crippen molar-refractivity contribution < 1.29 is 0 Å². The second-order valence-corrected chi connectivity index (χ2v) is 20.3. The molecule has 0 aliphatic carbocycles. The summed E-state index contributed by atoms with van der Waals surface area (Å²) in [5.74, 6) is 0.939. The maximum Gasteiger partial charge on any atom is 0.179 e. The Morgan fingerprint density at radius 3 is 1.85 bits per heavy atom. The zero-order valence-electron chi connectivity index (χ0n) is 33.7. The molecule has 0 fully saturated rings. The van der Waals surface area contributed by atoms with Crippen molar-refractivity contribution in [2.24, 2.45) is 0 Å². The third-order valence-electron chi connectivity index (χ3n) is 12.0. The lowest BCUT2D eigenvalue weighted by molar-refractivity contribution is 0.588. The molecule has 4 nitrogen and oxygen atoms in total. The fourth-order valence-corrected chi connectivity index (χ4v) is 13.9. The molecule has 1 aliphatic rings. The van der Waals surface area contributed by atoms with E-state index in [4.69, 9.17) is 4.98 Å². The fourth-order valence-electron chi connectivity index (χ4n) is 9.08. The summed E-state index contributed by atoms with van der Waals surface area (Å²) in [7, 11) is -2.95. The van der Waals surface area contributed by atoms with E-state index in [1.54, 1.807) is 0 Å². The summed E-state index contributed by atoms with van der Waals surface area (Å²) in [6, 6.07) is 71.6. The van der Waals surface area contributed by atoms with Crippen LogP contribution in [0.5, 0.6) is 0 Å². The lowest BCUT2D eigenvalue weighted by atomic mass is 9.88. The quantitative estimate of drug-likeness (QED) is 0.113. The average Bonchev–Trinajstić information content (AvgIpc) is 3.91. The van der Waals surface area contributed by atoms with E-state index in [-0.39, 0.29) is 5.41 Å². The van der Waals surface area contributed by atoms with Gasteiger partial charge in [0.2, 0.25) is 0 Å². The normalized spacial score (nSPS) is 13.1. The van der Waals surface area contributed by atoms with Gasteiger partial charge < -0.3 is 9.80 Å². The van der Waals surface area contributed by atoms with Crippen molar-refractivity contribution in [2.45, 2.75) is 26.2 Å². The predicted molar refractivity (Wildman–Crippen MR) is 252 cm³/mol. The largest absolute Gasteiger partial charge is 0.328 e. The van der Waals surface area contributed by atoms with Gasteiger partial charge in [-0.3, -0.25) is 4.57 Å². The number of benzene rings is 7. The van der Waals surface area contributed by atoms with Gasteiger partial charge in [0.05, 0.1) is 23.4 Å². The van der Waals surface area contributed by atoms with Crippen LogP contribution in [0.2, 0.25) is 0 Å². The highest BCUT2D eigenvalue weighted by molar-refractivity contribution is 7.20. The van der Waals surface area contributed by atoms with Gasteiger partial charge in [-0.2, -0.15) is 0 Å². The number of anilines is 2. The van der Waals surface area contributed by atoms with Gasteiger partial charge in [0.25, 0.3) is 0 Å². The van der Waals surface area contributed by atoms with Crippen LogP contribution < -0.4 is 30.5 Å². The Bertz CT molecular complexity index is 2930. The number of pyridine rings is 1. The predicted octanol–water partition coefficient (Wildman–Crippen LogP) is 10.3. The Kier molecular flexibility index (Phi) is 9.11. The summed E-state index contributed by atoms with van der Waals surface area (Å²) in [6.45, 7) is 7.51. The van der Waals surface area contributed by atoms with Crippen LogP contribution in [0.15, 0.2) is 213 Å². The molecule has 0 radical (unpaired) electrons. The molecule has 59 heavy (non-hydrogen) atoms.